The van der Waals surface area contributed by atoms with Gasteiger partial charge in [-0.2, -0.15) is 0 Å². The Morgan fingerprint density at radius 2 is 2.21 bits per heavy atom. The second-order valence-corrected chi connectivity index (χ2v) is 4.80. The lowest BCUT2D eigenvalue weighted by atomic mass is 9.80. The SMILES string of the molecule is CN1C(=O)C2[C@H]3C[C@@H](CC31)[C@@H]2C(=O)O. The van der Waals surface area contributed by atoms with Gasteiger partial charge in [-0.15, -0.1) is 0 Å². The molecule has 2 saturated carbocycles. The first-order valence-corrected chi connectivity index (χ1v) is 5.10. The summed E-state index contributed by atoms with van der Waals surface area (Å²) in [6.07, 6.45) is 1.85. The molecule has 3 aliphatic rings. The second-order valence-electron chi connectivity index (χ2n) is 4.80. The van der Waals surface area contributed by atoms with Crippen LogP contribution in [0.4, 0.5) is 0 Å². The standard InChI is InChI=1S/C10H13NO3/c1-11-6-3-4-2-5(6)8(9(11)12)7(4)10(13)14/h4-8H,2-3H2,1H3,(H,13,14)/t4-,5-,6?,7-,8?/m0/s1. The summed E-state index contributed by atoms with van der Waals surface area (Å²) >= 11 is 0. The van der Waals surface area contributed by atoms with Crippen molar-refractivity contribution >= 4 is 11.9 Å². The minimum Gasteiger partial charge on any atom is -0.481 e. The summed E-state index contributed by atoms with van der Waals surface area (Å²) in [5.41, 5.74) is 0. The Hall–Kier alpha value is -1.06. The van der Waals surface area contributed by atoms with Crippen LogP contribution in [-0.2, 0) is 9.59 Å². The van der Waals surface area contributed by atoms with Gasteiger partial charge in [-0.1, -0.05) is 0 Å². The zero-order chi connectivity index (χ0) is 10.0. The molecule has 0 aromatic carbocycles. The predicted molar refractivity (Wildman–Crippen MR) is 47.4 cm³/mol. The summed E-state index contributed by atoms with van der Waals surface area (Å²) in [5.74, 6) is -0.730. The normalized spacial score (nSPS) is 49.1. The van der Waals surface area contributed by atoms with Crippen LogP contribution in [0.3, 0.4) is 0 Å². The number of fused-ring (bicyclic) bond motifs is 1. The van der Waals surface area contributed by atoms with E-state index < -0.39 is 11.9 Å². The number of nitrogens with zero attached hydrogens (tertiary/aromatic N) is 1. The van der Waals surface area contributed by atoms with Gasteiger partial charge in [-0.3, -0.25) is 9.59 Å². The first kappa shape index (κ1) is 8.26. The molecular weight excluding hydrogens is 182 g/mol. The molecular formula is C10H13NO3. The van der Waals surface area contributed by atoms with Gasteiger partial charge in [0.1, 0.15) is 0 Å². The zero-order valence-electron chi connectivity index (χ0n) is 8.01. The maximum atomic E-state index is 11.8. The fourth-order valence-electron chi connectivity index (χ4n) is 3.86. The molecule has 1 aliphatic heterocycles. The highest BCUT2D eigenvalue weighted by Gasteiger charge is 2.64. The van der Waals surface area contributed by atoms with Crippen LogP contribution < -0.4 is 0 Å². The Morgan fingerprint density at radius 3 is 2.86 bits per heavy atom. The Balaban J connectivity index is 2.02. The van der Waals surface area contributed by atoms with E-state index >= 15 is 0 Å². The van der Waals surface area contributed by atoms with Crippen molar-refractivity contribution in [3.63, 3.8) is 0 Å². The molecule has 1 heterocycles. The average molecular weight is 195 g/mol. The van der Waals surface area contributed by atoms with Crippen LogP contribution in [0.25, 0.3) is 0 Å². The van der Waals surface area contributed by atoms with Gasteiger partial charge in [0.25, 0.3) is 0 Å². The molecule has 0 spiro atoms. The number of amides is 1. The number of likely N-dealkylation sites (tertiary alicyclic amines) is 1. The molecule has 1 N–H and O–H groups in total. The van der Waals surface area contributed by atoms with Crippen molar-refractivity contribution in [3.8, 4) is 0 Å². The average Bonchev–Trinajstić information content (AvgIpc) is 2.73. The highest BCUT2D eigenvalue weighted by molar-refractivity contribution is 5.89. The molecule has 0 radical (unpaired) electrons. The van der Waals surface area contributed by atoms with Crippen molar-refractivity contribution in [2.24, 2.45) is 23.7 Å². The van der Waals surface area contributed by atoms with Crippen LogP contribution in [-0.4, -0.2) is 35.0 Å². The number of aliphatic carboxylic acids is 1. The molecule has 2 bridgehead atoms. The fourth-order valence-corrected chi connectivity index (χ4v) is 3.86. The van der Waals surface area contributed by atoms with E-state index in [1.165, 1.54) is 0 Å². The number of carbonyl (C=O) groups is 2. The van der Waals surface area contributed by atoms with Crippen molar-refractivity contribution < 1.29 is 14.7 Å². The molecule has 1 saturated heterocycles. The van der Waals surface area contributed by atoms with E-state index in [0.29, 0.717) is 12.0 Å². The molecule has 4 nitrogen and oxygen atoms in total. The molecule has 14 heavy (non-hydrogen) atoms. The van der Waals surface area contributed by atoms with E-state index in [9.17, 15) is 9.59 Å². The van der Waals surface area contributed by atoms with Crippen LogP contribution >= 0.6 is 0 Å². The zero-order valence-corrected chi connectivity index (χ0v) is 8.01. The van der Waals surface area contributed by atoms with Gasteiger partial charge in [-0.25, -0.2) is 0 Å². The Labute approximate surface area is 81.9 Å². The molecule has 4 heteroatoms. The van der Waals surface area contributed by atoms with E-state index in [1.807, 2.05) is 7.05 Å². The summed E-state index contributed by atoms with van der Waals surface area (Å²) in [7, 11) is 1.81. The summed E-state index contributed by atoms with van der Waals surface area (Å²) in [4.78, 5) is 24.6. The molecule has 76 valence electrons. The summed E-state index contributed by atoms with van der Waals surface area (Å²) in [6, 6.07) is 0.341. The maximum Gasteiger partial charge on any atom is 0.307 e. The number of carboxylic acid groups (broad SMARTS) is 1. The number of hydrogen-bond donors (Lipinski definition) is 1. The van der Waals surface area contributed by atoms with Crippen LogP contribution in [0, 0.1) is 23.7 Å². The predicted octanol–water partition coefficient (Wildman–Crippen LogP) is 0.184. The van der Waals surface area contributed by atoms with Gasteiger partial charge in [0, 0.05) is 13.1 Å². The number of carbonyl (C=O) groups excluding carboxylic acids is 1. The van der Waals surface area contributed by atoms with Gasteiger partial charge in [-0.05, 0) is 24.7 Å². The highest BCUT2D eigenvalue weighted by Crippen LogP contribution is 2.58. The van der Waals surface area contributed by atoms with Crippen LogP contribution in [0.5, 0.6) is 0 Å². The third-order valence-corrected chi connectivity index (χ3v) is 4.38. The molecule has 3 rings (SSSR count). The first-order valence-electron chi connectivity index (χ1n) is 5.10. The minimum absolute atomic E-state index is 0.0624. The first-order chi connectivity index (χ1) is 6.61. The monoisotopic (exact) mass is 195 g/mol. The minimum atomic E-state index is -0.774. The summed E-state index contributed by atoms with van der Waals surface area (Å²) in [5, 5.41) is 9.09. The lowest BCUT2D eigenvalue weighted by Crippen LogP contribution is -2.31. The molecule has 1 amide bonds. The Kier molecular flexibility index (Phi) is 1.36. The van der Waals surface area contributed by atoms with Crippen molar-refractivity contribution in [2.75, 3.05) is 7.05 Å². The van der Waals surface area contributed by atoms with Gasteiger partial charge in [0.05, 0.1) is 11.8 Å². The van der Waals surface area contributed by atoms with Crippen molar-refractivity contribution in [1.82, 2.24) is 4.90 Å². The number of hydrogen-bond acceptors (Lipinski definition) is 2. The maximum absolute atomic E-state index is 11.8. The van der Waals surface area contributed by atoms with Crippen molar-refractivity contribution in [3.05, 3.63) is 0 Å². The number of rotatable bonds is 1. The largest absolute Gasteiger partial charge is 0.481 e. The molecule has 2 aliphatic carbocycles. The van der Waals surface area contributed by atoms with Crippen molar-refractivity contribution in [1.29, 1.82) is 0 Å². The smallest absolute Gasteiger partial charge is 0.307 e. The van der Waals surface area contributed by atoms with E-state index in [4.69, 9.17) is 5.11 Å². The van der Waals surface area contributed by atoms with Crippen LogP contribution in [0.2, 0.25) is 0 Å². The van der Waals surface area contributed by atoms with Gasteiger partial charge >= 0.3 is 5.97 Å². The van der Waals surface area contributed by atoms with E-state index in [0.717, 1.165) is 12.8 Å². The molecule has 2 unspecified atom stereocenters. The van der Waals surface area contributed by atoms with Crippen molar-refractivity contribution in [2.45, 2.75) is 18.9 Å². The summed E-state index contributed by atoms with van der Waals surface area (Å²) < 4.78 is 0. The highest BCUT2D eigenvalue weighted by atomic mass is 16.4. The third-order valence-electron chi connectivity index (χ3n) is 4.38. The van der Waals surface area contributed by atoms with Gasteiger partial charge in [0.2, 0.25) is 5.91 Å². The fraction of sp³-hybridized carbons (Fsp3) is 0.800. The van der Waals surface area contributed by atoms with Gasteiger partial charge < -0.3 is 10.0 Å². The molecule has 0 aromatic rings. The Bertz CT molecular complexity index is 327. The third kappa shape index (κ3) is 0.713. The van der Waals surface area contributed by atoms with Crippen LogP contribution in [0.15, 0.2) is 0 Å². The number of carboxylic acids is 1. The second kappa shape index (κ2) is 2.30. The molecule has 0 aromatic heterocycles. The van der Waals surface area contributed by atoms with E-state index in [1.54, 1.807) is 4.90 Å². The Morgan fingerprint density at radius 1 is 1.50 bits per heavy atom. The molecule has 3 fully saturated rings. The molecule has 5 atom stereocenters. The van der Waals surface area contributed by atoms with E-state index in [2.05, 4.69) is 0 Å². The van der Waals surface area contributed by atoms with Crippen LogP contribution in [0.1, 0.15) is 12.8 Å². The van der Waals surface area contributed by atoms with E-state index in [-0.39, 0.29) is 17.7 Å². The quantitative estimate of drug-likeness (QED) is 0.649. The lowest BCUT2D eigenvalue weighted by molar-refractivity contribution is -0.148. The topological polar surface area (TPSA) is 57.6 Å². The van der Waals surface area contributed by atoms with Gasteiger partial charge in [0.15, 0.2) is 0 Å². The summed E-state index contributed by atoms with van der Waals surface area (Å²) in [6.45, 7) is 0. The lowest BCUT2D eigenvalue weighted by Gasteiger charge is -2.23.